The second-order valence-corrected chi connectivity index (χ2v) is 8.76. The monoisotopic (exact) mass is 463 g/mol. The molecule has 0 saturated carbocycles. The van der Waals surface area contributed by atoms with E-state index in [2.05, 4.69) is 15.6 Å². The summed E-state index contributed by atoms with van der Waals surface area (Å²) in [5, 5.41) is 6.11. The van der Waals surface area contributed by atoms with Crippen LogP contribution in [0.25, 0.3) is 11.3 Å². The Hall–Kier alpha value is -3.94. The summed E-state index contributed by atoms with van der Waals surface area (Å²) < 4.78 is 22.4. The van der Waals surface area contributed by atoms with Crippen LogP contribution in [0.15, 0.2) is 54.6 Å². The number of benzene rings is 2. The molecule has 3 aromatic rings. The average molecular weight is 464 g/mol. The quantitative estimate of drug-likeness (QED) is 0.513. The van der Waals surface area contributed by atoms with Crippen molar-refractivity contribution in [3.63, 3.8) is 0 Å². The minimum Gasteiger partial charge on any atom is -0.486 e. The third-order valence-corrected chi connectivity index (χ3v) is 4.94. The summed E-state index contributed by atoms with van der Waals surface area (Å²) in [6.07, 6.45) is -0.454. The summed E-state index contributed by atoms with van der Waals surface area (Å²) in [5.41, 5.74) is 3.50. The fraction of sp³-hybridized carbons (Fsp3) is 0.308. The standard InChI is InChI=1S/C26H29N3O5/c1-26(2,3)34-25(30)27-16-17-7-5-8-18(15-17)28-21-12-11-20(29-24(21)31-4)19-9-6-10-22-23(19)33-14-13-32-22/h5-12,15,28H,13-14,16H2,1-4H3,(H,27,30). The number of nitrogens with zero attached hydrogens (tertiary/aromatic N) is 1. The molecule has 8 heteroatoms. The number of rotatable bonds is 6. The molecule has 178 valence electrons. The molecule has 1 aliphatic heterocycles. The lowest BCUT2D eigenvalue weighted by Crippen LogP contribution is -2.32. The molecule has 34 heavy (non-hydrogen) atoms. The molecule has 1 aliphatic rings. The Kier molecular flexibility index (Phi) is 6.77. The molecule has 0 bridgehead atoms. The second-order valence-electron chi connectivity index (χ2n) is 8.76. The SMILES string of the molecule is COc1nc(-c2cccc3c2OCCO3)ccc1Nc1cccc(CNC(=O)OC(C)(C)C)c1. The van der Waals surface area contributed by atoms with E-state index in [1.54, 1.807) is 7.11 Å². The number of para-hydroxylation sites is 1. The van der Waals surface area contributed by atoms with Crippen LogP contribution in [-0.4, -0.2) is 37.0 Å². The summed E-state index contributed by atoms with van der Waals surface area (Å²) in [6.45, 7) is 6.87. The summed E-state index contributed by atoms with van der Waals surface area (Å²) in [4.78, 5) is 16.6. The predicted molar refractivity (Wildman–Crippen MR) is 130 cm³/mol. The molecule has 0 aliphatic carbocycles. The summed E-state index contributed by atoms with van der Waals surface area (Å²) in [5.74, 6) is 1.85. The van der Waals surface area contributed by atoms with Crippen molar-refractivity contribution in [2.45, 2.75) is 32.9 Å². The lowest BCUT2D eigenvalue weighted by molar-refractivity contribution is 0.0523. The van der Waals surface area contributed by atoms with Crippen LogP contribution in [0.1, 0.15) is 26.3 Å². The maximum Gasteiger partial charge on any atom is 0.407 e. The Labute approximate surface area is 199 Å². The third kappa shape index (κ3) is 5.70. The maximum absolute atomic E-state index is 11.9. The number of anilines is 2. The maximum atomic E-state index is 11.9. The Bertz CT molecular complexity index is 1170. The number of methoxy groups -OCH3 is 1. The first-order chi connectivity index (χ1) is 16.3. The molecule has 0 spiro atoms. The largest absolute Gasteiger partial charge is 0.486 e. The molecule has 2 N–H and O–H groups in total. The number of carbonyl (C=O) groups is 1. The number of carbonyl (C=O) groups excluding carboxylic acids is 1. The van der Waals surface area contributed by atoms with E-state index in [-0.39, 0.29) is 0 Å². The van der Waals surface area contributed by atoms with Crippen LogP contribution in [0, 0.1) is 0 Å². The first-order valence-corrected chi connectivity index (χ1v) is 11.1. The van der Waals surface area contributed by atoms with Crippen molar-refractivity contribution >= 4 is 17.5 Å². The van der Waals surface area contributed by atoms with Crippen molar-refractivity contribution in [3.05, 3.63) is 60.2 Å². The third-order valence-electron chi connectivity index (χ3n) is 4.94. The highest BCUT2D eigenvalue weighted by atomic mass is 16.6. The Morgan fingerprint density at radius 1 is 1.06 bits per heavy atom. The van der Waals surface area contributed by atoms with Gasteiger partial charge in [-0.3, -0.25) is 0 Å². The van der Waals surface area contributed by atoms with Gasteiger partial charge in [0, 0.05) is 17.8 Å². The predicted octanol–water partition coefficient (Wildman–Crippen LogP) is 5.30. The Morgan fingerprint density at radius 2 is 1.85 bits per heavy atom. The average Bonchev–Trinajstić information content (AvgIpc) is 2.82. The number of fused-ring (bicyclic) bond motifs is 1. The van der Waals surface area contributed by atoms with Crippen LogP contribution >= 0.6 is 0 Å². The van der Waals surface area contributed by atoms with Gasteiger partial charge in [0.1, 0.15) is 24.5 Å². The number of hydrogen-bond acceptors (Lipinski definition) is 7. The second kappa shape index (κ2) is 9.91. The fourth-order valence-corrected chi connectivity index (χ4v) is 3.52. The fourth-order valence-electron chi connectivity index (χ4n) is 3.52. The molecular weight excluding hydrogens is 434 g/mol. The summed E-state index contributed by atoms with van der Waals surface area (Å²) in [7, 11) is 1.58. The number of nitrogens with one attached hydrogen (secondary N) is 2. The molecule has 2 aromatic carbocycles. The van der Waals surface area contributed by atoms with Crippen LogP contribution in [0.3, 0.4) is 0 Å². The van der Waals surface area contributed by atoms with Crippen LogP contribution < -0.4 is 24.8 Å². The lowest BCUT2D eigenvalue weighted by atomic mass is 10.1. The molecule has 0 atom stereocenters. The lowest BCUT2D eigenvalue weighted by Gasteiger charge is -2.21. The van der Waals surface area contributed by atoms with E-state index in [9.17, 15) is 4.79 Å². The molecule has 0 unspecified atom stereocenters. The number of ether oxygens (including phenoxy) is 4. The molecule has 0 radical (unpaired) electrons. The minimum absolute atomic E-state index is 0.347. The molecular formula is C26H29N3O5. The highest BCUT2D eigenvalue weighted by molar-refractivity contribution is 5.75. The van der Waals surface area contributed by atoms with Gasteiger partial charge in [-0.05, 0) is 62.7 Å². The van der Waals surface area contributed by atoms with Gasteiger partial charge < -0.3 is 29.6 Å². The van der Waals surface area contributed by atoms with E-state index < -0.39 is 11.7 Å². The molecule has 2 heterocycles. The number of hydrogen-bond donors (Lipinski definition) is 2. The molecule has 1 aromatic heterocycles. The van der Waals surface area contributed by atoms with Gasteiger partial charge in [0.15, 0.2) is 11.5 Å². The highest BCUT2D eigenvalue weighted by Crippen LogP contribution is 2.40. The van der Waals surface area contributed by atoms with Gasteiger partial charge in [0.2, 0.25) is 5.88 Å². The van der Waals surface area contributed by atoms with Crippen molar-refractivity contribution in [1.82, 2.24) is 10.3 Å². The van der Waals surface area contributed by atoms with Gasteiger partial charge in [-0.15, -0.1) is 0 Å². The molecule has 8 nitrogen and oxygen atoms in total. The van der Waals surface area contributed by atoms with Gasteiger partial charge in [-0.1, -0.05) is 18.2 Å². The number of aromatic nitrogens is 1. The van der Waals surface area contributed by atoms with Crippen LogP contribution in [0.4, 0.5) is 16.2 Å². The van der Waals surface area contributed by atoms with Gasteiger partial charge in [0.25, 0.3) is 0 Å². The van der Waals surface area contributed by atoms with Crippen LogP contribution in [-0.2, 0) is 11.3 Å². The van der Waals surface area contributed by atoms with Crippen molar-refractivity contribution in [2.75, 3.05) is 25.6 Å². The zero-order chi connectivity index (χ0) is 24.1. The number of amides is 1. The van der Waals surface area contributed by atoms with E-state index >= 15 is 0 Å². The topological polar surface area (TPSA) is 90.9 Å². The van der Waals surface area contributed by atoms with E-state index in [1.807, 2.05) is 75.4 Å². The van der Waals surface area contributed by atoms with Crippen LogP contribution in [0.2, 0.25) is 0 Å². The summed E-state index contributed by atoms with van der Waals surface area (Å²) in [6, 6.07) is 17.3. The number of pyridine rings is 1. The van der Waals surface area contributed by atoms with E-state index in [4.69, 9.17) is 18.9 Å². The van der Waals surface area contributed by atoms with Gasteiger partial charge in [-0.2, -0.15) is 0 Å². The summed E-state index contributed by atoms with van der Waals surface area (Å²) >= 11 is 0. The highest BCUT2D eigenvalue weighted by Gasteiger charge is 2.19. The van der Waals surface area contributed by atoms with Crippen molar-refractivity contribution in [3.8, 4) is 28.6 Å². The first-order valence-electron chi connectivity index (χ1n) is 11.1. The molecule has 0 saturated heterocycles. The zero-order valence-corrected chi connectivity index (χ0v) is 19.8. The molecule has 0 fully saturated rings. The molecule has 4 rings (SSSR count). The smallest absolute Gasteiger partial charge is 0.407 e. The van der Waals surface area contributed by atoms with Gasteiger partial charge in [0.05, 0.1) is 12.8 Å². The van der Waals surface area contributed by atoms with E-state index in [0.717, 1.165) is 22.5 Å². The van der Waals surface area contributed by atoms with Crippen molar-refractivity contribution < 1.29 is 23.7 Å². The Balaban J connectivity index is 1.50. The normalized spacial score (nSPS) is 12.6. The zero-order valence-electron chi connectivity index (χ0n) is 19.8. The van der Waals surface area contributed by atoms with Crippen molar-refractivity contribution in [2.24, 2.45) is 0 Å². The van der Waals surface area contributed by atoms with Crippen LogP contribution in [0.5, 0.6) is 17.4 Å². The number of alkyl carbamates (subject to hydrolysis) is 1. The van der Waals surface area contributed by atoms with Gasteiger partial charge >= 0.3 is 6.09 Å². The van der Waals surface area contributed by atoms with Gasteiger partial charge in [-0.25, -0.2) is 9.78 Å². The van der Waals surface area contributed by atoms with E-state index in [0.29, 0.717) is 42.8 Å². The minimum atomic E-state index is -0.540. The molecule has 1 amide bonds. The first kappa shape index (κ1) is 23.2. The Morgan fingerprint density at radius 3 is 2.65 bits per heavy atom. The van der Waals surface area contributed by atoms with Crippen molar-refractivity contribution in [1.29, 1.82) is 0 Å². The van der Waals surface area contributed by atoms with E-state index in [1.165, 1.54) is 0 Å².